The van der Waals surface area contributed by atoms with Crippen molar-refractivity contribution in [2.24, 2.45) is 0 Å². The van der Waals surface area contributed by atoms with Gasteiger partial charge in [0.05, 0.1) is 5.75 Å². The van der Waals surface area contributed by atoms with Crippen molar-refractivity contribution in [1.82, 2.24) is 20.5 Å². The van der Waals surface area contributed by atoms with Crippen molar-refractivity contribution in [2.75, 3.05) is 11.5 Å². The Morgan fingerprint density at radius 2 is 2.13 bits per heavy atom. The predicted octanol–water partition coefficient (Wildman–Crippen LogP) is 2.57. The van der Waals surface area contributed by atoms with Crippen LogP contribution in [-0.2, 0) is 4.79 Å². The number of carbonyl (C=O) groups excluding carboxylic acids is 1. The van der Waals surface area contributed by atoms with Gasteiger partial charge in [-0.1, -0.05) is 53.4 Å². The maximum absolute atomic E-state index is 12.3. The first-order valence-electron chi connectivity index (χ1n) is 6.68. The molecule has 1 aromatic carbocycles. The van der Waals surface area contributed by atoms with Gasteiger partial charge in [-0.3, -0.25) is 4.79 Å². The minimum absolute atomic E-state index is 0.0900. The highest BCUT2D eigenvalue weighted by Gasteiger charge is 2.19. The van der Waals surface area contributed by atoms with Gasteiger partial charge in [0.15, 0.2) is 4.34 Å². The molecule has 1 unspecified atom stereocenters. The van der Waals surface area contributed by atoms with Gasteiger partial charge < -0.3 is 11.1 Å². The zero-order valence-corrected chi connectivity index (χ0v) is 14.3. The lowest BCUT2D eigenvalue weighted by Crippen LogP contribution is -2.30. The van der Waals surface area contributed by atoms with Crippen molar-refractivity contribution >= 4 is 45.5 Å². The molecule has 3 N–H and O–H groups in total. The molecule has 0 aliphatic rings. The summed E-state index contributed by atoms with van der Waals surface area (Å²) in [5, 5.41) is 13.8. The first-order valence-corrected chi connectivity index (χ1v) is 9.36. The van der Waals surface area contributed by atoms with E-state index < -0.39 is 0 Å². The molecule has 0 aliphatic heterocycles. The molecule has 0 aliphatic carbocycles. The van der Waals surface area contributed by atoms with Gasteiger partial charge in [-0.05, 0) is 5.56 Å². The molecule has 1 atom stereocenters. The van der Waals surface area contributed by atoms with Crippen LogP contribution < -0.4 is 11.1 Å². The third-order valence-corrected chi connectivity index (χ3v) is 5.61. The van der Waals surface area contributed by atoms with Gasteiger partial charge >= 0.3 is 0 Å². The van der Waals surface area contributed by atoms with Crippen molar-refractivity contribution < 1.29 is 4.79 Å². The molecule has 0 radical (unpaired) electrons. The predicted molar refractivity (Wildman–Crippen MR) is 93.6 cm³/mol. The highest BCUT2D eigenvalue weighted by atomic mass is 32.2. The second-order valence-corrected chi connectivity index (χ2v) is 7.63. The molecule has 0 fully saturated rings. The first-order chi connectivity index (χ1) is 11.2. The summed E-state index contributed by atoms with van der Waals surface area (Å²) < 4.78 is 0.683. The van der Waals surface area contributed by atoms with Crippen LogP contribution in [0.25, 0.3) is 0 Å². The summed E-state index contributed by atoms with van der Waals surface area (Å²) in [5.74, 6) is 0.163. The molecule has 9 heteroatoms. The van der Waals surface area contributed by atoms with Crippen molar-refractivity contribution in [3.8, 4) is 0 Å². The Bertz CT molecular complexity index is 760. The van der Waals surface area contributed by atoms with Gasteiger partial charge in [0, 0.05) is 11.6 Å². The Morgan fingerprint density at radius 1 is 1.30 bits per heavy atom. The summed E-state index contributed by atoms with van der Waals surface area (Å²) >= 11 is 4.11. The Labute approximate surface area is 145 Å². The normalized spacial score (nSPS) is 12.0. The minimum Gasteiger partial charge on any atom is -0.374 e. The van der Waals surface area contributed by atoms with E-state index in [0.717, 1.165) is 10.6 Å². The lowest BCUT2D eigenvalue weighted by atomic mass is 10.1. The van der Waals surface area contributed by atoms with E-state index in [9.17, 15) is 4.79 Å². The number of rotatable bonds is 6. The number of hydrogen-bond donors (Lipinski definition) is 2. The van der Waals surface area contributed by atoms with Gasteiger partial charge in [0.25, 0.3) is 0 Å². The van der Waals surface area contributed by atoms with Crippen molar-refractivity contribution in [2.45, 2.75) is 10.4 Å². The number of benzene rings is 1. The van der Waals surface area contributed by atoms with E-state index >= 15 is 0 Å². The highest BCUT2D eigenvalue weighted by molar-refractivity contribution is 8.01. The number of nitrogen functional groups attached to an aromatic ring is 1. The maximum atomic E-state index is 12.3. The number of thioether (sulfide) groups is 1. The molecular formula is C14H13N5OS3. The van der Waals surface area contributed by atoms with Crippen molar-refractivity contribution in [1.29, 1.82) is 0 Å². The number of nitrogens with zero attached hydrogens (tertiary/aromatic N) is 3. The third kappa shape index (κ3) is 4.27. The minimum atomic E-state index is -0.246. The molecule has 0 saturated heterocycles. The summed E-state index contributed by atoms with van der Waals surface area (Å²) in [6, 6.07) is 9.54. The van der Waals surface area contributed by atoms with E-state index in [4.69, 9.17) is 5.73 Å². The quantitative estimate of drug-likeness (QED) is 0.654. The largest absolute Gasteiger partial charge is 0.374 e. The van der Waals surface area contributed by atoms with Crippen LogP contribution in [0, 0.1) is 0 Å². The number of hydrogen-bond acceptors (Lipinski definition) is 8. The zero-order chi connectivity index (χ0) is 16.1. The Hall–Kier alpha value is -1.97. The number of aromatic nitrogens is 3. The van der Waals surface area contributed by atoms with Crippen LogP contribution in [0.5, 0.6) is 0 Å². The van der Waals surface area contributed by atoms with E-state index in [-0.39, 0.29) is 17.7 Å². The van der Waals surface area contributed by atoms with E-state index in [0.29, 0.717) is 9.47 Å². The molecule has 118 valence electrons. The summed E-state index contributed by atoms with van der Waals surface area (Å²) in [5.41, 5.74) is 6.53. The lowest BCUT2D eigenvalue weighted by molar-refractivity contribution is -0.119. The van der Waals surface area contributed by atoms with Crippen LogP contribution in [0.1, 0.15) is 16.6 Å². The van der Waals surface area contributed by atoms with Crippen LogP contribution in [0.2, 0.25) is 0 Å². The SMILES string of the molecule is Nc1nnc(SCC(=O)NC(c2ccccc2)c2nccs2)s1. The first kappa shape index (κ1) is 15.9. The Morgan fingerprint density at radius 3 is 2.78 bits per heavy atom. The molecule has 2 aromatic heterocycles. The van der Waals surface area contributed by atoms with Crippen LogP contribution in [0.15, 0.2) is 46.2 Å². The number of amides is 1. The molecule has 2 heterocycles. The summed E-state index contributed by atoms with van der Waals surface area (Å²) in [4.78, 5) is 16.6. The molecular weight excluding hydrogens is 350 g/mol. The fraction of sp³-hybridized carbons (Fsp3) is 0.143. The molecule has 0 bridgehead atoms. The molecule has 6 nitrogen and oxygen atoms in total. The van der Waals surface area contributed by atoms with Crippen LogP contribution in [-0.4, -0.2) is 26.8 Å². The fourth-order valence-corrected chi connectivity index (χ4v) is 4.08. The number of nitrogens with two attached hydrogens (primary N) is 1. The fourth-order valence-electron chi connectivity index (χ4n) is 1.92. The van der Waals surface area contributed by atoms with E-state index in [1.165, 1.54) is 34.4 Å². The van der Waals surface area contributed by atoms with Crippen molar-refractivity contribution in [3.05, 3.63) is 52.5 Å². The zero-order valence-electron chi connectivity index (χ0n) is 11.9. The number of nitrogens with one attached hydrogen (secondary N) is 1. The van der Waals surface area contributed by atoms with Gasteiger partial charge in [0.2, 0.25) is 11.0 Å². The molecule has 0 spiro atoms. The van der Waals surface area contributed by atoms with Gasteiger partial charge in [-0.2, -0.15) is 0 Å². The number of thiazole rings is 1. The Balaban J connectivity index is 1.67. The topological polar surface area (TPSA) is 93.8 Å². The molecule has 1 amide bonds. The maximum Gasteiger partial charge on any atom is 0.231 e. The van der Waals surface area contributed by atoms with Crippen LogP contribution in [0.3, 0.4) is 0 Å². The van der Waals surface area contributed by atoms with Gasteiger partial charge in [0.1, 0.15) is 11.0 Å². The Kier molecular flexibility index (Phi) is 5.21. The standard InChI is InChI=1S/C14H13N5OS3/c15-13-18-19-14(23-13)22-8-10(20)17-11(12-16-6-7-21-12)9-4-2-1-3-5-9/h1-7,11H,8H2,(H2,15,18)(H,17,20). The second-order valence-electron chi connectivity index (χ2n) is 4.48. The smallest absolute Gasteiger partial charge is 0.231 e. The highest BCUT2D eigenvalue weighted by Crippen LogP contribution is 2.26. The van der Waals surface area contributed by atoms with Crippen LogP contribution >= 0.6 is 34.4 Å². The monoisotopic (exact) mass is 363 g/mol. The summed E-state index contributed by atoms with van der Waals surface area (Å²) in [7, 11) is 0. The van der Waals surface area contributed by atoms with E-state index in [1.807, 2.05) is 35.7 Å². The van der Waals surface area contributed by atoms with Gasteiger partial charge in [-0.25, -0.2) is 4.98 Å². The van der Waals surface area contributed by atoms with E-state index in [1.54, 1.807) is 6.20 Å². The van der Waals surface area contributed by atoms with Crippen molar-refractivity contribution in [3.63, 3.8) is 0 Å². The average molecular weight is 363 g/mol. The van der Waals surface area contributed by atoms with E-state index in [2.05, 4.69) is 20.5 Å². The molecule has 23 heavy (non-hydrogen) atoms. The number of anilines is 1. The summed E-state index contributed by atoms with van der Waals surface area (Å²) in [6.07, 6.45) is 1.74. The average Bonchev–Trinajstić information content (AvgIpc) is 3.23. The van der Waals surface area contributed by atoms with Crippen LogP contribution in [0.4, 0.5) is 5.13 Å². The number of carbonyl (C=O) groups is 1. The third-order valence-electron chi connectivity index (χ3n) is 2.89. The molecule has 0 saturated carbocycles. The molecule has 3 rings (SSSR count). The lowest BCUT2D eigenvalue weighted by Gasteiger charge is -2.16. The van der Waals surface area contributed by atoms with Gasteiger partial charge in [-0.15, -0.1) is 21.5 Å². The molecule has 3 aromatic rings. The summed E-state index contributed by atoms with van der Waals surface area (Å²) in [6.45, 7) is 0. The second kappa shape index (κ2) is 7.53.